The van der Waals surface area contributed by atoms with Gasteiger partial charge in [-0.25, -0.2) is 13.8 Å². The van der Waals surface area contributed by atoms with E-state index in [2.05, 4.69) is 25.6 Å². The van der Waals surface area contributed by atoms with E-state index in [1.165, 1.54) is 23.2 Å². The second-order valence-electron chi connectivity index (χ2n) is 7.24. The number of rotatable bonds is 6. The van der Waals surface area contributed by atoms with Crippen molar-refractivity contribution in [2.24, 2.45) is 0 Å². The first-order valence-corrected chi connectivity index (χ1v) is 8.85. The van der Waals surface area contributed by atoms with E-state index in [-0.39, 0.29) is 11.8 Å². The molecule has 0 unspecified atom stereocenters. The molecule has 11 heteroatoms. The molecule has 0 radical (unpaired) electrons. The van der Waals surface area contributed by atoms with E-state index in [1.54, 1.807) is 6.07 Å². The zero-order valence-electron chi connectivity index (χ0n) is 15.3. The van der Waals surface area contributed by atoms with Gasteiger partial charge < -0.3 is 15.2 Å². The van der Waals surface area contributed by atoms with E-state index >= 15 is 0 Å². The zero-order chi connectivity index (χ0) is 20.8. The van der Waals surface area contributed by atoms with Gasteiger partial charge in [0.15, 0.2) is 0 Å². The van der Waals surface area contributed by atoms with Crippen LogP contribution in [0.3, 0.4) is 0 Å². The first-order valence-electron chi connectivity index (χ1n) is 8.85. The highest BCUT2D eigenvalue weighted by Crippen LogP contribution is 2.41. The summed E-state index contributed by atoms with van der Waals surface area (Å²) in [5.41, 5.74) is -0.525. The number of anilines is 3. The molecule has 1 fully saturated rings. The van der Waals surface area contributed by atoms with Crippen LogP contribution in [0.1, 0.15) is 25.3 Å². The number of halogens is 5. The number of aromatic nitrogens is 4. The molecule has 4 rings (SSSR count). The molecule has 3 aromatic rings. The van der Waals surface area contributed by atoms with Crippen LogP contribution in [0.25, 0.3) is 10.9 Å². The molecule has 154 valence electrons. The van der Waals surface area contributed by atoms with Crippen LogP contribution in [0.2, 0.25) is 0 Å². The molecular weight excluding hydrogens is 395 g/mol. The quantitative estimate of drug-likeness (QED) is 0.569. The minimum atomic E-state index is -4.61. The Morgan fingerprint density at radius 1 is 1.24 bits per heavy atom. The fourth-order valence-corrected chi connectivity index (χ4v) is 3.00. The third-order valence-electron chi connectivity index (χ3n) is 4.78. The van der Waals surface area contributed by atoms with Crippen molar-refractivity contribution in [2.45, 2.75) is 44.5 Å². The third kappa shape index (κ3) is 4.08. The molecule has 0 aliphatic heterocycles. The third-order valence-corrected chi connectivity index (χ3v) is 4.78. The minimum Gasteiger partial charge on any atom is -0.364 e. The maximum absolute atomic E-state index is 13.3. The van der Waals surface area contributed by atoms with Gasteiger partial charge in [0, 0.05) is 29.5 Å². The highest BCUT2D eigenvalue weighted by Gasteiger charge is 2.42. The summed E-state index contributed by atoms with van der Waals surface area (Å²) in [6.45, 7) is 1.27. The van der Waals surface area contributed by atoms with Gasteiger partial charge in [-0.15, -0.1) is 0 Å². The van der Waals surface area contributed by atoms with Crippen molar-refractivity contribution in [1.82, 2.24) is 19.5 Å². The predicted molar refractivity (Wildman–Crippen MR) is 97.3 cm³/mol. The van der Waals surface area contributed by atoms with Gasteiger partial charge >= 0.3 is 6.18 Å². The maximum Gasteiger partial charge on any atom is 0.421 e. The predicted octanol–water partition coefficient (Wildman–Crippen LogP) is 4.82. The smallest absolute Gasteiger partial charge is 0.364 e. The lowest BCUT2D eigenvalue weighted by Crippen LogP contribution is -2.21. The normalized spacial score (nSPS) is 15.7. The van der Waals surface area contributed by atoms with E-state index < -0.39 is 30.2 Å². The number of fused-ring (bicyclic) bond motifs is 1. The molecule has 29 heavy (non-hydrogen) atoms. The molecule has 0 aromatic carbocycles. The largest absolute Gasteiger partial charge is 0.421 e. The summed E-state index contributed by atoms with van der Waals surface area (Å²) in [4.78, 5) is 11.7. The van der Waals surface area contributed by atoms with E-state index in [4.69, 9.17) is 0 Å². The van der Waals surface area contributed by atoms with E-state index in [1.807, 2.05) is 6.92 Å². The van der Waals surface area contributed by atoms with Crippen molar-refractivity contribution in [3.05, 3.63) is 36.4 Å². The zero-order valence-corrected chi connectivity index (χ0v) is 15.3. The van der Waals surface area contributed by atoms with E-state index in [9.17, 15) is 22.0 Å². The summed E-state index contributed by atoms with van der Waals surface area (Å²) >= 11 is 0. The van der Waals surface area contributed by atoms with Crippen molar-refractivity contribution < 1.29 is 22.0 Å². The van der Waals surface area contributed by atoms with Crippen LogP contribution in [0.4, 0.5) is 39.4 Å². The van der Waals surface area contributed by atoms with Crippen molar-refractivity contribution in [3.63, 3.8) is 0 Å². The highest BCUT2D eigenvalue weighted by atomic mass is 19.4. The van der Waals surface area contributed by atoms with Crippen LogP contribution in [-0.4, -0.2) is 31.5 Å². The second kappa shape index (κ2) is 6.82. The maximum atomic E-state index is 13.3. The number of pyridine rings is 1. The lowest BCUT2D eigenvalue weighted by molar-refractivity contribution is -0.137. The summed E-state index contributed by atoms with van der Waals surface area (Å²) in [5.74, 6) is -0.384. The highest BCUT2D eigenvalue weighted by molar-refractivity contribution is 5.93. The molecular formula is C18H17F5N6. The van der Waals surface area contributed by atoms with Crippen molar-refractivity contribution in [3.8, 4) is 0 Å². The Labute approximate surface area is 162 Å². The van der Waals surface area contributed by atoms with Gasteiger partial charge in [-0.3, -0.25) is 4.98 Å². The summed E-state index contributed by atoms with van der Waals surface area (Å²) in [7, 11) is 0. The molecule has 6 nitrogen and oxygen atoms in total. The van der Waals surface area contributed by atoms with Crippen LogP contribution in [0, 0.1) is 0 Å². The SMILES string of the molecule is CC1(Nc2nc(Nc3cn(CC(F)F)c4cnccc34)ncc2C(F)(F)F)CC1. The fraction of sp³-hybridized carbons (Fsp3) is 0.389. The molecule has 2 N–H and O–H groups in total. The molecule has 1 aliphatic rings. The molecule has 1 saturated carbocycles. The van der Waals surface area contributed by atoms with Crippen molar-refractivity contribution >= 4 is 28.4 Å². The van der Waals surface area contributed by atoms with Crippen molar-refractivity contribution in [2.75, 3.05) is 10.6 Å². The van der Waals surface area contributed by atoms with Gasteiger partial charge in [0.2, 0.25) is 5.95 Å². The average molecular weight is 412 g/mol. The first-order chi connectivity index (χ1) is 13.6. The molecule has 1 aliphatic carbocycles. The standard InChI is InChI=1S/C18H17F5N6/c1-17(3-4-17)28-15-11(18(21,22)23)6-25-16(27-15)26-12-8-29(9-14(19)20)13-7-24-5-2-10(12)13/h2,5-8,14H,3-4,9H2,1H3,(H2,25,26,27,28). The molecule has 0 bridgehead atoms. The van der Waals surface area contributed by atoms with Gasteiger partial charge in [0.1, 0.15) is 11.4 Å². The summed E-state index contributed by atoms with van der Waals surface area (Å²) < 4.78 is 67.0. The molecule has 0 amide bonds. The summed E-state index contributed by atoms with van der Waals surface area (Å²) in [6, 6.07) is 1.62. The molecule has 0 spiro atoms. The number of hydrogen-bond acceptors (Lipinski definition) is 5. The Bertz CT molecular complexity index is 1040. The second-order valence-corrected chi connectivity index (χ2v) is 7.24. The average Bonchev–Trinajstić information content (AvgIpc) is 3.26. The van der Waals surface area contributed by atoms with Crippen molar-refractivity contribution in [1.29, 1.82) is 0 Å². The van der Waals surface area contributed by atoms with Gasteiger partial charge in [0.25, 0.3) is 6.43 Å². The summed E-state index contributed by atoms with van der Waals surface area (Å²) in [5, 5.41) is 6.26. The number of hydrogen-bond donors (Lipinski definition) is 2. The van der Waals surface area contributed by atoms with Crippen LogP contribution in [0.5, 0.6) is 0 Å². The summed E-state index contributed by atoms with van der Waals surface area (Å²) in [6.07, 6.45) is -0.609. The first kappa shape index (κ1) is 19.3. The monoisotopic (exact) mass is 412 g/mol. The molecule has 0 saturated heterocycles. The van der Waals surface area contributed by atoms with Gasteiger partial charge in [-0.2, -0.15) is 18.2 Å². The van der Waals surface area contributed by atoms with Crippen LogP contribution < -0.4 is 10.6 Å². The Balaban J connectivity index is 1.70. The van der Waals surface area contributed by atoms with Gasteiger partial charge in [-0.05, 0) is 25.8 Å². The Morgan fingerprint density at radius 2 is 2.00 bits per heavy atom. The Kier molecular flexibility index (Phi) is 4.55. The van der Waals surface area contributed by atoms with Crippen LogP contribution in [0.15, 0.2) is 30.9 Å². The Hall–Kier alpha value is -2.98. The lowest BCUT2D eigenvalue weighted by atomic mass is 10.2. The van der Waals surface area contributed by atoms with Gasteiger partial charge in [0.05, 0.1) is 23.9 Å². The number of nitrogens with zero attached hydrogens (tertiary/aromatic N) is 4. The fourth-order valence-electron chi connectivity index (χ4n) is 3.00. The minimum absolute atomic E-state index is 0.0716. The molecule has 3 aromatic heterocycles. The van der Waals surface area contributed by atoms with Crippen LogP contribution in [-0.2, 0) is 12.7 Å². The number of alkyl halides is 5. The Morgan fingerprint density at radius 3 is 2.66 bits per heavy atom. The van der Waals surface area contributed by atoms with E-state index in [0.29, 0.717) is 22.8 Å². The lowest BCUT2D eigenvalue weighted by Gasteiger charge is -2.18. The van der Waals surface area contributed by atoms with Crippen LogP contribution >= 0.6 is 0 Å². The van der Waals surface area contributed by atoms with Gasteiger partial charge in [-0.1, -0.05) is 0 Å². The topological polar surface area (TPSA) is 67.7 Å². The number of nitrogens with one attached hydrogen (secondary N) is 2. The van der Waals surface area contributed by atoms with E-state index in [0.717, 1.165) is 12.8 Å². The molecule has 3 heterocycles. The molecule has 0 atom stereocenters.